The molecule has 0 saturated heterocycles. The van der Waals surface area contributed by atoms with Crippen molar-refractivity contribution in [3.05, 3.63) is 17.8 Å². The van der Waals surface area contributed by atoms with Crippen LogP contribution in [0.5, 0.6) is 5.88 Å². The van der Waals surface area contributed by atoms with Crippen LogP contribution in [0.2, 0.25) is 0 Å². The molecule has 0 aliphatic rings. The van der Waals surface area contributed by atoms with Crippen LogP contribution in [0.1, 0.15) is 25.6 Å². The zero-order valence-electron chi connectivity index (χ0n) is 8.19. The molecule has 0 aliphatic heterocycles. The van der Waals surface area contributed by atoms with Gasteiger partial charge in [0.2, 0.25) is 5.88 Å². The van der Waals surface area contributed by atoms with Gasteiger partial charge in [0.1, 0.15) is 0 Å². The lowest BCUT2D eigenvalue weighted by atomic mass is 10.0. The average Bonchev–Trinajstić information content (AvgIpc) is 2.17. The minimum Gasteiger partial charge on any atom is -0.480 e. The molecule has 1 aromatic heterocycles. The van der Waals surface area contributed by atoms with Crippen LogP contribution < -0.4 is 10.5 Å². The van der Waals surface area contributed by atoms with E-state index in [0.29, 0.717) is 11.8 Å². The Balaban J connectivity index is 2.79. The zero-order valence-corrected chi connectivity index (χ0v) is 8.19. The molecule has 4 heteroatoms. The lowest BCUT2D eigenvalue weighted by molar-refractivity contribution is 0.388. The number of hydrogen-bond donors (Lipinski definition) is 1. The van der Waals surface area contributed by atoms with Gasteiger partial charge in [-0.15, -0.1) is 5.10 Å². The Bertz CT molecular complexity index is 258. The summed E-state index contributed by atoms with van der Waals surface area (Å²) in [6.45, 7) is 4.10. The van der Waals surface area contributed by atoms with Crippen LogP contribution in [0.3, 0.4) is 0 Å². The number of nitrogens with two attached hydrogens (primary N) is 1. The molecule has 4 nitrogen and oxygen atoms in total. The maximum Gasteiger partial charge on any atom is 0.233 e. The van der Waals surface area contributed by atoms with Crippen molar-refractivity contribution >= 4 is 0 Å². The summed E-state index contributed by atoms with van der Waals surface area (Å²) in [6.07, 6.45) is 0. The van der Waals surface area contributed by atoms with Crippen molar-refractivity contribution < 1.29 is 4.74 Å². The van der Waals surface area contributed by atoms with E-state index in [0.717, 1.165) is 5.69 Å². The summed E-state index contributed by atoms with van der Waals surface area (Å²) in [5, 5.41) is 7.82. The minimum atomic E-state index is -0.0570. The van der Waals surface area contributed by atoms with Crippen molar-refractivity contribution in [2.75, 3.05) is 7.11 Å². The highest BCUT2D eigenvalue weighted by Crippen LogP contribution is 2.16. The van der Waals surface area contributed by atoms with Crippen LogP contribution in [0, 0.1) is 5.92 Å². The first-order valence-electron chi connectivity index (χ1n) is 4.28. The molecule has 0 fully saturated rings. The molecule has 0 saturated carbocycles. The van der Waals surface area contributed by atoms with Gasteiger partial charge in [-0.1, -0.05) is 13.8 Å². The highest BCUT2D eigenvalue weighted by atomic mass is 16.5. The van der Waals surface area contributed by atoms with E-state index >= 15 is 0 Å². The maximum atomic E-state index is 5.89. The molecule has 0 radical (unpaired) electrons. The SMILES string of the molecule is COc1ccc(C(N)C(C)C)nn1. The first kappa shape index (κ1) is 9.92. The minimum absolute atomic E-state index is 0.0570. The van der Waals surface area contributed by atoms with Crippen LogP contribution in [0.25, 0.3) is 0 Å². The quantitative estimate of drug-likeness (QED) is 0.759. The second-order valence-corrected chi connectivity index (χ2v) is 3.27. The third kappa shape index (κ3) is 2.39. The zero-order chi connectivity index (χ0) is 9.84. The molecule has 1 unspecified atom stereocenters. The average molecular weight is 181 g/mol. The van der Waals surface area contributed by atoms with E-state index in [2.05, 4.69) is 24.0 Å². The Labute approximate surface area is 78.1 Å². The summed E-state index contributed by atoms with van der Waals surface area (Å²) in [5.74, 6) is 0.877. The van der Waals surface area contributed by atoms with Crippen molar-refractivity contribution in [1.29, 1.82) is 0 Å². The number of aromatic nitrogens is 2. The van der Waals surface area contributed by atoms with Gasteiger partial charge in [-0.2, -0.15) is 5.10 Å². The molecule has 1 aromatic rings. The molecule has 72 valence electrons. The molecule has 0 aromatic carbocycles. The molecule has 0 amide bonds. The van der Waals surface area contributed by atoms with E-state index in [-0.39, 0.29) is 6.04 Å². The second-order valence-electron chi connectivity index (χ2n) is 3.27. The highest BCUT2D eigenvalue weighted by Gasteiger charge is 2.11. The standard InChI is InChI=1S/C9H15N3O/c1-6(2)9(10)7-4-5-8(13-3)12-11-7/h4-6,9H,10H2,1-3H3. The number of nitrogens with zero attached hydrogens (tertiary/aromatic N) is 2. The van der Waals surface area contributed by atoms with Crippen LogP contribution >= 0.6 is 0 Å². The third-order valence-electron chi connectivity index (χ3n) is 1.93. The van der Waals surface area contributed by atoms with Crippen LogP contribution in [-0.2, 0) is 0 Å². The van der Waals surface area contributed by atoms with E-state index in [1.165, 1.54) is 0 Å². The molecule has 0 bridgehead atoms. The lowest BCUT2D eigenvalue weighted by Crippen LogP contribution is -2.18. The predicted molar refractivity (Wildman–Crippen MR) is 50.4 cm³/mol. The van der Waals surface area contributed by atoms with Gasteiger partial charge in [-0.3, -0.25) is 0 Å². The van der Waals surface area contributed by atoms with Crippen LogP contribution in [-0.4, -0.2) is 17.3 Å². The predicted octanol–water partition coefficient (Wildman–Crippen LogP) is 1.14. The lowest BCUT2D eigenvalue weighted by Gasteiger charge is -2.13. The number of methoxy groups -OCH3 is 1. The first-order chi connectivity index (χ1) is 6.15. The summed E-state index contributed by atoms with van der Waals surface area (Å²) in [4.78, 5) is 0. The Morgan fingerprint density at radius 3 is 2.38 bits per heavy atom. The Morgan fingerprint density at radius 1 is 1.31 bits per heavy atom. The molecule has 1 atom stereocenters. The maximum absolute atomic E-state index is 5.89. The van der Waals surface area contributed by atoms with Gasteiger partial charge in [0.25, 0.3) is 0 Å². The highest BCUT2D eigenvalue weighted by molar-refractivity contribution is 5.13. The molecular formula is C9H15N3O. The number of hydrogen-bond acceptors (Lipinski definition) is 4. The van der Waals surface area contributed by atoms with E-state index in [1.54, 1.807) is 13.2 Å². The van der Waals surface area contributed by atoms with Crippen molar-refractivity contribution in [3.8, 4) is 5.88 Å². The van der Waals surface area contributed by atoms with Gasteiger partial charge in [0, 0.05) is 6.07 Å². The molecule has 13 heavy (non-hydrogen) atoms. The largest absolute Gasteiger partial charge is 0.480 e. The fraction of sp³-hybridized carbons (Fsp3) is 0.556. The monoisotopic (exact) mass is 181 g/mol. The van der Waals surface area contributed by atoms with Crippen LogP contribution in [0.4, 0.5) is 0 Å². The molecule has 0 spiro atoms. The molecule has 0 aliphatic carbocycles. The summed E-state index contributed by atoms with van der Waals surface area (Å²) >= 11 is 0. The Morgan fingerprint density at radius 2 is 2.00 bits per heavy atom. The Hall–Kier alpha value is -1.16. The third-order valence-corrected chi connectivity index (χ3v) is 1.93. The van der Waals surface area contributed by atoms with Gasteiger partial charge < -0.3 is 10.5 Å². The molecule has 1 rings (SSSR count). The van der Waals surface area contributed by atoms with E-state index in [4.69, 9.17) is 10.5 Å². The van der Waals surface area contributed by atoms with Gasteiger partial charge in [-0.25, -0.2) is 0 Å². The van der Waals surface area contributed by atoms with Crippen LogP contribution in [0.15, 0.2) is 12.1 Å². The van der Waals surface area contributed by atoms with E-state index < -0.39 is 0 Å². The number of rotatable bonds is 3. The van der Waals surface area contributed by atoms with Gasteiger partial charge >= 0.3 is 0 Å². The fourth-order valence-electron chi connectivity index (χ4n) is 0.959. The van der Waals surface area contributed by atoms with Crippen molar-refractivity contribution in [2.45, 2.75) is 19.9 Å². The van der Waals surface area contributed by atoms with E-state index in [9.17, 15) is 0 Å². The molecule has 1 heterocycles. The summed E-state index contributed by atoms with van der Waals surface area (Å²) in [7, 11) is 1.56. The fourth-order valence-corrected chi connectivity index (χ4v) is 0.959. The smallest absolute Gasteiger partial charge is 0.233 e. The molecular weight excluding hydrogens is 166 g/mol. The summed E-state index contributed by atoms with van der Waals surface area (Å²) in [6, 6.07) is 3.56. The van der Waals surface area contributed by atoms with Crippen molar-refractivity contribution in [3.63, 3.8) is 0 Å². The van der Waals surface area contributed by atoms with Gasteiger partial charge in [0.15, 0.2) is 0 Å². The molecule has 2 N–H and O–H groups in total. The second kappa shape index (κ2) is 4.18. The van der Waals surface area contributed by atoms with E-state index in [1.807, 2.05) is 6.07 Å². The topological polar surface area (TPSA) is 61.0 Å². The van der Waals surface area contributed by atoms with Gasteiger partial charge in [0.05, 0.1) is 18.8 Å². The summed E-state index contributed by atoms with van der Waals surface area (Å²) in [5.41, 5.74) is 6.69. The first-order valence-corrected chi connectivity index (χ1v) is 4.28. The normalized spacial score (nSPS) is 13.0. The number of ether oxygens (including phenoxy) is 1. The summed E-state index contributed by atoms with van der Waals surface area (Å²) < 4.78 is 4.89. The van der Waals surface area contributed by atoms with Gasteiger partial charge in [-0.05, 0) is 12.0 Å². The van der Waals surface area contributed by atoms with Crippen molar-refractivity contribution in [2.24, 2.45) is 11.7 Å². The Kier molecular flexibility index (Phi) is 3.19. The van der Waals surface area contributed by atoms with Crippen molar-refractivity contribution in [1.82, 2.24) is 10.2 Å².